The average molecular weight is 459 g/mol. The van der Waals surface area contributed by atoms with Crippen LogP contribution < -0.4 is 10.1 Å². The Kier molecular flexibility index (Phi) is 5.95. The molecule has 0 fully saturated rings. The van der Waals surface area contributed by atoms with E-state index < -0.39 is 23.9 Å². The van der Waals surface area contributed by atoms with Crippen LogP contribution in [-0.4, -0.2) is 31.6 Å². The molecular weight excluding hydrogens is 442 g/mol. The summed E-state index contributed by atoms with van der Waals surface area (Å²) in [7, 11) is 0. The molecule has 0 unspecified atom stereocenters. The summed E-state index contributed by atoms with van der Waals surface area (Å²) in [4.78, 5) is 19.5. The first-order valence-electron chi connectivity index (χ1n) is 9.79. The Morgan fingerprint density at radius 2 is 1.91 bits per heavy atom. The second-order valence-electron chi connectivity index (χ2n) is 7.11. The first kappa shape index (κ1) is 22.2. The number of nitrogens with one attached hydrogen (secondary N) is 1. The monoisotopic (exact) mass is 459 g/mol. The molecule has 2 heterocycles. The predicted molar refractivity (Wildman–Crippen MR) is 110 cm³/mol. The van der Waals surface area contributed by atoms with E-state index in [0.29, 0.717) is 11.3 Å². The Morgan fingerprint density at radius 3 is 2.61 bits per heavy atom. The number of benzene rings is 2. The molecule has 33 heavy (non-hydrogen) atoms. The van der Waals surface area contributed by atoms with E-state index in [-0.39, 0.29) is 24.0 Å². The van der Waals surface area contributed by atoms with Gasteiger partial charge in [0.2, 0.25) is 0 Å². The summed E-state index contributed by atoms with van der Waals surface area (Å²) in [6.45, 7) is 1.74. The van der Waals surface area contributed by atoms with Crippen LogP contribution in [0.3, 0.4) is 0 Å². The quantitative estimate of drug-likeness (QED) is 0.441. The zero-order valence-corrected chi connectivity index (χ0v) is 17.2. The molecule has 1 atom stereocenters. The third-order valence-electron chi connectivity index (χ3n) is 4.69. The van der Waals surface area contributed by atoms with Crippen molar-refractivity contribution < 1.29 is 27.1 Å². The molecular formula is C22H17F4N5O2. The van der Waals surface area contributed by atoms with Crippen LogP contribution in [0.15, 0.2) is 60.8 Å². The van der Waals surface area contributed by atoms with Gasteiger partial charge in [0, 0.05) is 24.4 Å². The van der Waals surface area contributed by atoms with Gasteiger partial charge in [-0.25, -0.2) is 9.37 Å². The standard InChI is InChI=1S/C22H17F4N5O2/c1-13(33-17-4-2-3-16(23)11-17)19(32)28-12-14-5-7-15(8-6-14)18-9-10-27-21-29-20(22(24,25)26)30-31(18)21/h2-11,13H,12H2,1H3,(H,28,32)/t13-/m0/s1. The maximum absolute atomic E-state index is 13.2. The van der Waals surface area contributed by atoms with Crippen molar-refractivity contribution in [3.8, 4) is 17.0 Å². The first-order chi connectivity index (χ1) is 15.7. The maximum Gasteiger partial charge on any atom is 0.453 e. The SMILES string of the molecule is C[C@H](Oc1cccc(F)c1)C(=O)NCc1ccc(-c2ccnc3nc(C(F)(F)F)nn23)cc1. The number of hydrogen-bond donors (Lipinski definition) is 1. The van der Waals surface area contributed by atoms with E-state index >= 15 is 0 Å². The number of ether oxygens (including phenoxy) is 1. The van der Waals surface area contributed by atoms with Gasteiger partial charge in [0.25, 0.3) is 17.5 Å². The fourth-order valence-electron chi connectivity index (χ4n) is 3.06. The Bertz CT molecular complexity index is 1290. The number of halogens is 4. The van der Waals surface area contributed by atoms with Gasteiger partial charge in [0.1, 0.15) is 11.6 Å². The molecule has 0 radical (unpaired) electrons. The van der Waals surface area contributed by atoms with Crippen LogP contribution in [0.2, 0.25) is 0 Å². The van der Waals surface area contributed by atoms with E-state index in [1.807, 2.05) is 0 Å². The van der Waals surface area contributed by atoms with Crippen LogP contribution in [-0.2, 0) is 17.5 Å². The van der Waals surface area contributed by atoms with Crippen LogP contribution >= 0.6 is 0 Å². The molecule has 170 valence electrons. The van der Waals surface area contributed by atoms with Gasteiger partial charge in [-0.3, -0.25) is 4.79 Å². The van der Waals surface area contributed by atoms with Crippen LogP contribution in [0.25, 0.3) is 17.0 Å². The molecule has 0 aliphatic carbocycles. The molecule has 1 N–H and O–H groups in total. The largest absolute Gasteiger partial charge is 0.481 e. The van der Waals surface area contributed by atoms with Crippen molar-refractivity contribution >= 4 is 11.7 Å². The number of fused-ring (bicyclic) bond motifs is 1. The Labute approximate surface area is 185 Å². The molecule has 4 aromatic rings. The highest BCUT2D eigenvalue weighted by Gasteiger charge is 2.36. The summed E-state index contributed by atoms with van der Waals surface area (Å²) in [5.41, 5.74) is 1.74. The van der Waals surface area contributed by atoms with Crippen molar-refractivity contribution in [3.63, 3.8) is 0 Å². The third-order valence-corrected chi connectivity index (χ3v) is 4.69. The average Bonchev–Trinajstić information content (AvgIpc) is 3.23. The summed E-state index contributed by atoms with van der Waals surface area (Å²) in [6, 6.07) is 13.9. The summed E-state index contributed by atoms with van der Waals surface area (Å²) >= 11 is 0. The number of nitrogens with zero attached hydrogens (tertiary/aromatic N) is 4. The number of carbonyl (C=O) groups is 1. The van der Waals surface area contributed by atoms with E-state index in [1.54, 1.807) is 37.3 Å². The fraction of sp³-hybridized carbons (Fsp3) is 0.182. The Morgan fingerprint density at radius 1 is 1.15 bits per heavy atom. The molecule has 2 aromatic carbocycles. The highest BCUT2D eigenvalue weighted by atomic mass is 19.4. The summed E-state index contributed by atoms with van der Waals surface area (Å²) < 4.78 is 58.5. The van der Waals surface area contributed by atoms with E-state index in [4.69, 9.17) is 4.74 Å². The lowest BCUT2D eigenvalue weighted by Crippen LogP contribution is -2.35. The van der Waals surface area contributed by atoms with E-state index in [9.17, 15) is 22.4 Å². The van der Waals surface area contributed by atoms with Crippen molar-refractivity contribution in [3.05, 3.63) is 78.0 Å². The van der Waals surface area contributed by atoms with Crippen molar-refractivity contribution in [1.82, 2.24) is 24.9 Å². The van der Waals surface area contributed by atoms with Gasteiger partial charge >= 0.3 is 6.18 Å². The number of aromatic nitrogens is 4. The third kappa shape index (κ3) is 5.08. The van der Waals surface area contributed by atoms with E-state index in [1.165, 1.54) is 30.5 Å². The second kappa shape index (κ2) is 8.85. The van der Waals surface area contributed by atoms with Gasteiger partial charge in [-0.2, -0.15) is 22.7 Å². The zero-order valence-electron chi connectivity index (χ0n) is 17.2. The maximum atomic E-state index is 13.2. The number of hydrogen-bond acceptors (Lipinski definition) is 5. The summed E-state index contributed by atoms with van der Waals surface area (Å²) in [5, 5.41) is 6.25. The molecule has 2 aromatic heterocycles. The normalized spacial score (nSPS) is 12.5. The molecule has 4 rings (SSSR count). The lowest BCUT2D eigenvalue weighted by atomic mass is 10.1. The first-order valence-corrected chi connectivity index (χ1v) is 9.79. The zero-order chi connectivity index (χ0) is 23.6. The minimum atomic E-state index is -4.68. The van der Waals surface area contributed by atoms with Crippen molar-refractivity contribution in [2.45, 2.75) is 25.7 Å². The molecule has 0 saturated carbocycles. The van der Waals surface area contributed by atoms with Gasteiger partial charge in [-0.1, -0.05) is 30.3 Å². The number of alkyl halides is 3. The van der Waals surface area contributed by atoms with Crippen LogP contribution in [0.1, 0.15) is 18.3 Å². The minimum absolute atomic E-state index is 0.163. The second-order valence-corrected chi connectivity index (χ2v) is 7.11. The molecule has 11 heteroatoms. The lowest BCUT2D eigenvalue weighted by Gasteiger charge is -2.15. The van der Waals surface area contributed by atoms with Crippen molar-refractivity contribution in [2.75, 3.05) is 0 Å². The van der Waals surface area contributed by atoms with Crippen LogP contribution in [0, 0.1) is 5.82 Å². The lowest BCUT2D eigenvalue weighted by molar-refractivity contribution is -0.144. The van der Waals surface area contributed by atoms with Gasteiger partial charge in [0.15, 0.2) is 6.10 Å². The highest BCUT2D eigenvalue weighted by molar-refractivity contribution is 5.80. The molecule has 0 spiro atoms. The number of rotatable bonds is 6. The van der Waals surface area contributed by atoms with Gasteiger partial charge in [-0.05, 0) is 30.7 Å². The topological polar surface area (TPSA) is 81.4 Å². The molecule has 0 saturated heterocycles. The Balaban J connectivity index is 1.42. The number of amides is 1. The van der Waals surface area contributed by atoms with E-state index in [0.717, 1.165) is 10.1 Å². The van der Waals surface area contributed by atoms with E-state index in [2.05, 4.69) is 20.4 Å². The minimum Gasteiger partial charge on any atom is -0.481 e. The summed E-state index contributed by atoms with van der Waals surface area (Å²) in [6.07, 6.45) is -4.16. The molecule has 7 nitrogen and oxygen atoms in total. The van der Waals surface area contributed by atoms with Gasteiger partial charge in [-0.15, -0.1) is 5.10 Å². The van der Waals surface area contributed by atoms with Crippen LogP contribution in [0.4, 0.5) is 17.6 Å². The smallest absolute Gasteiger partial charge is 0.453 e. The van der Waals surface area contributed by atoms with Gasteiger partial charge < -0.3 is 10.1 Å². The van der Waals surface area contributed by atoms with Crippen molar-refractivity contribution in [2.24, 2.45) is 0 Å². The van der Waals surface area contributed by atoms with Crippen molar-refractivity contribution in [1.29, 1.82) is 0 Å². The summed E-state index contributed by atoms with van der Waals surface area (Å²) in [5.74, 6) is -2.04. The molecule has 0 aliphatic heterocycles. The molecule has 1 amide bonds. The molecule has 0 bridgehead atoms. The highest BCUT2D eigenvalue weighted by Crippen LogP contribution is 2.28. The fourth-order valence-corrected chi connectivity index (χ4v) is 3.06. The predicted octanol–water partition coefficient (Wildman–Crippen LogP) is 4.03. The molecule has 0 aliphatic rings. The van der Waals surface area contributed by atoms with Gasteiger partial charge in [0.05, 0.1) is 5.69 Å². The Hall–Kier alpha value is -4.02. The van der Waals surface area contributed by atoms with Crippen LogP contribution in [0.5, 0.6) is 5.75 Å². The number of carbonyl (C=O) groups excluding carboxylic acids is 1.